The summed E-state index contributed by atoms with van der Waals surface area (Å²) in [7, 11) is -0.446. The standard InChI is InChI=1S/C18H15P.2C2HF3O2.Rh/c1-4-10-16(11-5-1)19(17-12-6-2-7-13-17)18-14-8-3-9-15-18;2*3-2(4,5)1(6)7;/h1-15H;2*(H,6,7);. The number of aliphatic carboxylic acids is 2. The molecule has 0 unspecified atom stereocenters. The summed E-state index contributed by atoms with van der Waals surface area (Å²) in [6, 6.07) is 32.3. The Kier molecular flexibility index (Phi) is 13.3. The van der Waals surface area contributed by atoms with Gasteiger partial charge in [0.05, 0.1) is 0 Å². The SMILES string of the molecule is O=C(O)C(F)(F)F.O=C(O)C(F)(F)F.[Rh].c1ccc(P(c2ccccc2)c2ccccc2)cc1. The largest absolute Gasteiger partial charge is 0.490 e. The molecule has 0 aliphatic rings. The summed E-state index contributed by atoms with van der Waals surface area (Å²) in [6.45, 7) is 0. The first-order valence-electron chi connectivity index (χ1n) is 8.89. The van der Waals surface area contributed by atoms with Crippen molar-refractivity contribution in [2.75, 3.05) is 0 Å². The fourth-order valence-corrected chi connectivity index (χ4v) is 4.48. The fraction of sp³-hybridized carbons (Fsp3) is 0.0909. The molecular formula is C22H17F6O4PRh. The monoisotopic (exact) mass is 593 g/mol. The molecule has 3 aromatic carbocycles. The van der Waals surface area contributed by atoms with Crippen molar-refractivity contribution in [1.82, 2.24) is 0 Å². The van der Waals surface area contributed by atoms with Gasteiger partial charge in [-0.2, -0.15) is 26.3 Å². The minimum Gasteiger partial charge on any atom is -0.475 e. The molecule has 12 heteroatoms. The van der Waals surface area contributed by atoms with E-state index in [0.717, 1.165) is 0 Å². The Bertz CT molecular complexity index is 883. The van der Waals surface area contributed by atoms with Crippen molar-refractivity contribution in [3.05, 3.63) is 91.0 Å². The molecule has 0 heterocycles. The van der Waals surface area contributed by atoms with Crippen LogP contribution in [-0.4, -0.2) is 34.5 Å². The van der Waals surface area contributed by atoms with Gasteiger partial charge in [-0.1, -0.05) is 91.0 Å². The number of hydrogen-bond acceptors (Lipinski definition) is 2. The summed E-state index contributed by atoms with van der Waals surface area (Å²) in [4.78, 5) is 17.8. The molecule has 0 amide bonds. The molecule has 185 valence electrons. The molecule has 4 nitrogen and oxygen atoms in total. The number of rotatable bonds is 3. The first-order valence-corrected chi connectivity index (χ1v) is 10.2. The summed E-state index contributed by atoms with van der Waals surface area (Å²) in [6.07, 6.45) is -10.2. The van der Waals surface area contributed by atoms with E-state index in [1.807, 2.05) is 0 Å². The van der Waals surface area contributed by atoms with Crippen LogP contribution in [-0.2, 0) is 29.1 Å². The normalized spacial score (nSPS) is 10.6. The smallest absolute Gasteiger partial charge is 0.475 e. The Morgan fingerprint density at radius 2 is 0.706 bits per heavy atom. The molecule has 0 aromatic heterocycles. The molecule has 0 spiro atoms. The van der Waals surface area contributed by atoms with Crippen LogP contribution in [0.25, 0.3) is 0 Å². The molecule has 3 aromatic rings. The Labute approximate surface area is 204 Å². The quantitative estimate of drug-likeness (QED) is 0.262. The van der Waals surface area contributed by atoms with E-state index in [9.17, 15) is 26.3 Å². The van der Waals surface area contributed by atoms with Crippen molar-refractivity contribution in [2.45, 2.75) is 12.4 Å². The predicted octanol–water partition coefficient (Wildman–Crippen LogP) is 4.71. The fourth-order valence-electron chi connectivity index (χ4n) is 2.18. The number of carboxylic acid groups (broad SMARTS) is 2. The Balaban J connectivity index is 0.000000609. The number of carboxylic acids is 2. The zero-order chi connectivity index (χ0) is 25.1. The maximum Gasteiger partial charge on any atom is 0.490 e. The molecule has 2 N–H and O–H groups in total. The van der Waals surface area contributed by atoms with E-state index in [4.69, 9.17) is 19.8 Å². The van der Waals surface area contributed by atoms with E-state index in [1.54, 1.807) is 0 Å². The first kappa shape index (κ1) is 31.2. The van der Waals surface area contributed by atoms with Gasteiger partial charge in [0.2, 0.25) is 0 Å². The van der Waals surface area contributed by atoms with E-state index in [1.165, 1.54) is 15.9 Å². The third kappa shape index (κ3) is 11.4. The second kappa shape index (κ2) is 14.5. The second-order valence-corrected chi connectivity index (χ2v) is 8.17. The van der Waals surface area contributed by atoms with Crippen LogP contribution in [0.5, 0.6) is 0 Å². The average molecular weight is 593 g/mol. The van der Waals surface area contributed by atoms with Gasteiger partial charge in [0, 0.05) is 19.5 Å². The maximum atomic E-state index is 10.6. The number of hydrogen-bond donors (Lipinski definition) is 2. The van der Waals surface area contributed by atoms with Crippen LogP contribution >= 0.6 is 7.92 Å². The Hall–Kier alpha value is -2.77. The second-order valence-electron chi connectivity index (χ2n) is 5.95. The van der Waals surface area contributed by atoms with Crippen LogP contribution in [0, 0.1) is 0 Å². The molecule has 0 saturated carbocycles. The molecule has 34 heavy (non-hydrogen) atoms. The molecule has 0 saturated heterocycles. The van der Waals surface area contributed by atoms with Crippen molar-refractivity contribution in [2.24, 2.45) is 0 Å². The third-order valence-electron chi connectivity index (χ3n) is 3.53. The Morgan fingerprint density at radius 3 is 0.853 bits per heavy atom. The van der Waals surface area contributed by atoms with Crippen LogP contribution in [0.4, 0.5) is 26.3 Å². The number of carbonyl (C=O) groups is 2. The molecular weight excluding hydrogens is 576 g/mol. The topological polar surface area (TPSA) is 74.6 Å². The van der Waals surface area contributed by atoms with Crippen molar-refractivity contribution in [3.63, 3.8) is 0 Å². The van der Waals surface area contributed by atoms with E-state index >= 15 is 0 Å². The number of alkyl halides is 6. The summed E-state index contributed by atoms with van der Waals surface area (Å²) < 4.78 is 63.5. The van der Waals surface area contributed by atoms with E-state index in [0.29, 0.717) is 0 Å². The minimum absolute atomic E-state index is 0. The van der Waals surface area contributed by atoms with Gasteiger partial charge >= 0.3 is 24.3 Å². The zero-order valence-corrected chi connectivity index (χ0v) is 19.5. The summed E-state index contributed by atoms with van der Waals surface area (Å²) in [5.41, 5.74) is 0. The molecule has 0 fully saturated rings. The molecule has 0 aliphatic carbocycles. The van der Waals surface area contributed by atoms with Crippen LogP contribution in [0.2, 0.25) is 0 Å². The van der Waals surface area contributed by atoms with Crippen molar-refractivity contribution >= 4 is 35.8 Å². The van der Waals surface area contributed by atoms with Crippen LogP contribution < -0.4 is 15.9 Å². The molecule has 0 bridgehead atoms. The summed E-state index contributed by atoms with van der Waals surface area (Å²) >= 11 is 0. The number of benzene rings is 3. The van der Waals surface area contributed by atoms with Gasteiger partial charge in [0.1, 0.15) is 0 Å². The zero-order valence-electron chi connectivity index (χ0n) is 16.9. The molecule has 0 atom stereocenters. The van der Waals surface area contributed by atoms with Gasteiger partial charge in [0.15, 0.2) is 0 Å². The van der Waals surface area contributed by atoms with E-state index < -0.39 is 32.2 Å². The summed E-state index contributed by atoms with van der Waals surface area (Å²) in [5, 5.41) is 18.4. The van der Waals surface area contributed by atoms with Crippen molar-refractivity contribution in [1.29, 1.82) is 0 Å². The minimum atomic E-state index is -5.08. The van der Waals surface area contributed by atoms with Gasteiger partial charge < -0.3 is 10.2 Å². The molecule has 1 radical (unpaired) electrons. The predicted molar refractivity (Wildman–Crippen MR) is 113 cm³/mol. The van der Waals surface area contributed by atoms with Crippen molar-refractivity contribution < 1.29 is 65.6 Å². The van der Waals surface area contributed by atoms with Gasteiger partial charge in [-0.05, 0) is 23.8 Å². The van der Waals surface area contributed by atoms with Gasteiger partial charge in [-0.25, -0.2) is 9.59 Å². The van der Waals surface area contributed by atoms with Crippen LogP contribution in [0.3, 0.4) is 0 Å². The third-order valence-corrected chi connectivity index (χ3v) is 5.97. The first-order chi connectivity index (χ1) is 15.3. The summed E-state index contributed by atoms with van der Waals surface area (Å²) in [5.74, 6) is -5.51. The van der Waals surface area contributed by atoms with E-state index in [2.05, 4.69) is 91.0 Å². The van der Waals surface area contributed by atoms with Crippen LogP contribution in [0.1, 0.15) is 0 Å². The Morgan fingerprint density at radius 1 is 0.529 bits per heavy atom. The average Bonchev–Trinajstić information content (AvgIpc) is 2.76. The molecule has 0 aliphatic heterocycles. The van der Waals surface area contributed by atoms with Gasteiger partial charge in [-0.3, -0.25) is 0 Å². The molecule has 3 rings (SSSR count). The van der Waals surface area contributed by atoms with Crippen molar-refractivity contribution in [3.8, 4) is 0 Å². The number of halogens is 6. The van der Waals surface area contributed by atoms with Crippen LogP contribution in [0.15, 0.2) is 91.0 Å². The van der Waals surface area contributed by atoms with E-state index in [-0.39, 0.29) is 19.5 Å². The van der Waals surface area contributed by atoms with Gasteiger partial charge in [-0.15, -0.1) is 0 Å². The van der Waals surface area contributed by atoms with Gasteiger partial charge in [0.25, 0.3) is 0 Å². The maximum absolute atomic E-state index is 10.6.